The van der Waals surface area contributed by atoms with Crippen LogP contribution in [0, 0.1) is 0 Å². The molecule has 1 unspecified atom stereocenters. The molecule has 0 saturated heterocycles. The zero-order valence-electron chi connectivity index (χ0n) is 14.9. The number of nitrogens with zero attached hydrogens (tertiary/aromatic N) is 1. The number of amides is 1. The highest BCUT2D eigenvalue weighted by Crippen LogP contribution is 2.22. The summed E-state index contributed by atoms with van der Waals surface area (Å²) in [5.74, 6) is 2.05. The first-order chi connectivity index (χ1) is 12.4. The molecule has 0 spiro atoms. The smallest absolute Gasteiger partial charge is 0.243 e. The van der Waals surface area contributed by atoms with Gasteiger partial charge in [-0.2, -0.15) is 11.8 Å². The topological polar surface area (TPSA) is 79.6 Å². The average Bonchev–Trinajstić information content (AvgIpc) is 3.12. The van der Waals surface area contributed by atoms with Crippen molar-refractivity contribution < 1.29 is 17.6 Å². The normalized spacial score (nSPS) is 12.5. The van der Waals surface area contributed by atoms with Gasteiger partial charge in [0.2, 0.25) is 15.9 Å². The highest BCUT2D eigenvalue weighted by atomic mass is 32.2. The Morgan fingerprint density at radius 2 is 1.96 bits per heavy atom. The van der Waals surface area contributed by atoms with Gasteiger partial charge in [0.05, 0.1) is 24.0 Å². The second-order valence-corrected chi connectivity index (χ2v) is 8.71. The van der Waals surface area contributed by atoms with E-state index in [4.69, 9.17) is 4.42 Å². The minimum atomic E-state index is -3.58. The molecule has 1 heterocycles. The Bertz CT molecular complexity index is 777. The van der Waals surface area contributed by atoms with E-state index in [2.05, 4.69) is 5.32 Å². The van der Waals surface area contributed by atoms with E-state index in [0.29, 0.717) is 24.4 Å². The number of sulfonamides is 1. The van der Waals surface area contributed by atoms with Crippen LogP contribution in [0.25, 0.3) is 0 Å². The predicted molar refractivity (Wildman–Crippen MR) is 106 cm³/mol. The van der Waals surface area contributed by atoms with E-state index < -0.39 is 16.1 Å². The molecule has 2 rings (SSSR count). The van der Waals surface area contributed by atoms with Crippen LogP contribution in [-0.4, -0.2) is 38.9 Å². The van der Waals surface area contributed by atoms with Crippen LogP contribution in [0.2, 0.25) is 0 Å². The molecular formula is C18H24N2O4S2. The van der Waals surface area contributed by atoms with Crippen LogP contribution < -0.4 is 9.62 Å². The monoisotopic (exact) mass is 396 g/mol. The number of carbonyl (C=O) groups excluding carboxylic acids is 1. The van der Waals surface area contributed by atoms with Crippen molar-refractivity contribution in [1.29, 1.82) is 0 Å². The third-order valence-electron chi connectivity index (χ3n) is 3.71. The van der Waals surface area contributed by atoms with Crippen molar-refractivity contribution in [3.05, 3.63) is 54.5 Å². The van der Waals surface area contributed by atoms with Gasteiger partial charge in [0.1, 0.15) is 11.8 Å². The van der Waals surface area contributed by atoms with Gasteiger partial charge in [0.15, 0.2) is 0 Å². The van der Waals surface area contributed by atoms with Crippen LogP contribution in [-0.2, 0) is 20.6 Å². The fourth-order valence-corrected chi connectivity index (χ4v) is 4.53. The Labute approximate surface area is 159 Å². The lowest BCUT2D eigenvalue weighted by atomic mass is 10.2. The van der Waals surface area contributed by atoms with Crippen molar-refractivity contribution in [3.8, 4) is 0 Å². The molecule has 2 aromatic rings. The van der Waals surface area contributed by atoms with E-state index in [-0.39, 0.29) is 5.91 Å². The molecule has 0 aliphatic rings. The summed E-state index contributed by atoms with van der Waals surface area (Å²) >= 11 is 1.64. The van der Waals surface area contributed by atoms with E-state index >= 15 is 0 Å². The van der Waals surface area contributed by atoms with Crippen LogP contribution in [0.4, 0.5) is 5.69 Å². The number of anilines is 1. The van der Waals surface area contributed by atoms with Gasteiger partial charge in [-0.15, -0.1) is 0 Å². The zero-order valence-corrected chi connectivity index (χ0v) is 16.6. The first kappa shape index (κ1) is 20.4. The van der Waals surface area contributed by atoms with E-state index in [1.165, 1.54) is 4.31 Å². The fourth-order valence-electron chi connectivity index (χ4n) is 2.57. The van der Waals surface area contributed by atoms with Crippen molar-refractivity contribution in [1.82, 2.24) is 5.32 Å². The van der Waals surface area contributed by atoms with Gasteiger partial charge in [-0.25, -0.2) is 8.42 Å². The van der Waals surface area contributed by atoms with E-state index in [1.807, 2.05) is 12.1 Å². The van der Waals surface area contributed by atoms with E-state index in [1.54, 1.807) is 55.3 Å². The first-order valence-electron chi connectivity index (χ1n) is 8.35. The molecule has 1 aromatic carbocycles. The Hall–Kier alpha value is -1.93. The van der Waals surface area contributed by atoms with Crippen LogP contribution >= 0.6 is 11.8 Å². The minimum Gasteiger partial charge on any atom is -0.468 e. The number of thioether (sulfide) groups is 1. The summed E-state index contributed by atoms with van der Waals surface area (Å²) in [7, 11) is -3.58. The molecule has 0 radical (unpaired) electrons. The number of carbonyl (C=O) groups is 1. The summed E-state index contributed by atoms with van der Waals surface area (Å²) in [6.45, 7) is 2.27. The molecule has 0 saturated carbocycles. The minimum absolute atomic E-state index is 0.291. The Morgan fingerprint density at radius 1 is 1.23 bits per heavy atom. The molecule has 1 N–H and O–H groups in total. The fraction of sp³-hybridized carbons (Fsp3) is 0.389. The molecular weight excluding hydrogens is 372 g/mol. The number of nitrogens with one attached hydrogen (secondary N) is 1. The quantitative estimate of drug-likeness (QED) is 0.625. The van der Waals surface area contributed by atoms with Crippen LogP contribution in [0.15, 0.2) is 53.1 Å². The first-order valence-corrected chi connectivity index (χ1v) is 11.4. The zero-order chi connectivity index (χ0) is 19.0. The van der Waals surface area contributed by atoms with Crippen LogP contribution in [0.1, 0.15) is 19.1 Å². The lowest BCUT2D eigenvalue weighted by Gasteiger charge is -2.30. The molecule has 0 bridgehead atoms. The predicted octanol–water partition coefficient (Wildman–Crippen LogP) is 2.87. The standard InChI is InChI=1S/C18H24N2O4S2/c1-3-17(20(26(2,22)23)15-8-5-4-6-9-15)18(21)19-11-13-25-14-16-10-7-12-24-16/h4-10,12,17H,3,11,13-14H2,1-2H3,(H,19,21). The van der Waals surface area contributed by atoms with Gasteiger partial charge in [0, 0.05) is 12.3 Å². The highest BCUT2D eigenvalue weighted by molar-refractivity contribution is 7.98. The number of benzene rings is 1. The van der Waals surface area contributed by atoms with E-state index in [9.17, 15) is 13.2 Å². The second kappa shape index (κ2) is 9.68. The second-order valence-electron chi connectivity index (χ2n) is 5.74. The van der Waals surface area contributed by atoms with Crippen molar-refractivity contribution in [3.63, 3.8) is 0 Å². The van der Waals surface area contributed by atoms with Crippen molar-refractivity contribution >= 4 is 33.4 Å². The number of para-hydroxylation sites is 1. The molecule has 1 atom stereocenters. The summed E-state index contributed by atoms with van der Waals surface area (Å²) in [6, 6.07) is 11.7. The van der Waals surface area contributed by atoms with E-state index in [0.717, 1.165) is 17.8 Å². The largest absolute Gasteiger partial charge is 0.468 e. The SMILES string of the molecule is CCC(C(=O)NCCSCc1ccco1)N(c1ccccc1)S(C)(=O)=O. The molecule has 0 fully saturated rings. The molecule has 26 heavy (non-hydrogen) atoms. The third-order valence-corrected chi connectivity index (χ3v) is 5.87. The number of hydrogen-bond donors (Lipinski definition) is 1. The van der Waals surface area contributed by atoms with Crippen molar-refractivity contribution in [2.75, 3.05) is 22.9 Å². The number of furan rings is 1. The van der Waals surface area contributed by atoms with Crippen LogP contribution in [0.3, 0.4) is 0 Å². The summed E-state index contributed by atoms with van der Waals surface area (Å²) < 4.78 is 31.0. The Kier molecular flexibility index (Phi) is 7.59. The summed E-state index contributed by atoms with van der Waals surface area (Å²) in [5, 5.41) is 2.84. The molecule has 0 aliphatic carbocycles. The molecule has 142 valence electrons. The summed E-state index contributed by atoms with van der Waals surface area (Å²) in [6.07, 6.45) is 3.13. The Balaban J connectivity index is 1.94. The highest BCUT2D eigenvalue weighted by Gasteiger charge is 2.31. The number of rotatable bonds is 10. The molecule has 1 aromatic heterocycles. The molecule has 0 aliphatic heterocycles. The Morgan fingerprint density at radius 3 is 2.54 bits per heavy atom. The van der Waals surface area contributed by atoms with Gasteiger partial charge in [-0.1, -0.05) is 25.1 Å². The summed E-state index contributed by atoms with van der Waals surface area (Å²) in [4.78, 5) is 12.6. The maximum atomic E-state index is 12.6. The molecule has 8 heteroatoms. The van der Waals surface area contributed by atoms with Gasteiger partial charge < -0.3 is 9.73 Å². The van der Waals surface area contributed by atoms with Crippen molar-refractivity contribution in [2.24, 2.45) is 0 Å². The summed E-state index contributed by atoms with van der Waals surface area (Å²) in [5.41, 5.74) is 0.490. The third kappa shape index (κ3) is 5.81. The van der Waals surface area contributed by atoms with Gasteiger partial charge in [0.25, 0.3) is 0 Å². The maximum Gasteiger partial charge on any atom is 0.243 e. The van der Waals surface area contributed by atoms with Crippen molar-refractivity contribution in [2.45, 2.75) is 25.1 Å². The number of hydrogen-bond acceptors (Lipinski definition) is 5. The lowest BCUT2D eigenvalue weighted by molar-refractivity contribution is -0.122. The van der Waals surface area contributed by atoms with Crippen LogP contribution in [0.5, 0.6) is 0 Å². The van der Waals surface area contributed by atoms with Gasteiger partial charge in [-0.3, -0.25) is 9.10 Å². The molecule has 6 nitrogen and oxygen atoms in total. The lowest BCUT2D eigenvalue weighted by Crippen LogP contribution is -2.49. The molecule has 1 amide bonds. The average molecular weight is 397 g/mol. The van der Waals surface area contributed by atoms with Gasteiger partial charge in [-0.05, 0) is 30.7 Å². The van der Waals surface area contributed by atoms with Gasteiger partial charge >= 0.3 is 0 Å². The maximum absolute atomic E-state index is 12.6.